The van der Waals surface area contributed by atoms with Crippen molar-refractivity contribution in [2.45, 2.75) is 57.5 Å². The predicted octanol–water partition coefficient (Wildman–Crippen LogP) is 2.63. The largest absolute Gasteiger partial charge is 0.335 e. The molecule has 5 heteroatoms. The second-order valence-corrected chi connectivity index (χ2v) is 8.98. The van der Waals surface area contributed by atoms with E-state index in [0.29, 0.717) is 11.2 Å². The van der Waals surface area contributed by atoms with Gasteiger partial charge in [-0.15, -0.1) is 0 Å². The van der Waals surface area contributed by atoms with Crippen molar-refractivity contribution in [3.63, 3.8) is 0 Å². The van der Waals surface area contributed by atoms with Gasteiger partial charge in [0, 0.05) is 44.5 Å². The summed E-state index contributed by atoms with van der Waals surface area (Å²) in [5, 5.41) is 4.39. The molecule has 4 aliphatic carbocycles. The molecule has 0 unspecified atom stereocenters. The molecule has 5 nitrogen and oxygen atoms in total. The van der Waals surface area contributed by atoms with Gasteiger partial charge in [-0.2, -0.15) is 5.10 Å². The van der Waals surface area contributed by atoms with Crippen LogP contribution < -0.4 is 0 Å². The molecule has 0 spiro atoms. The second-order valence-electron chi connectivity index (χ2n) is 8.98. The zero-order valence-corrected chi connectivity index (χ0v) is 15.4. The Morgan fingerprint density at radius 3 is 2.20 bits per heavy atom. The molecule has 4 saturated carbocycles. The molecule has 25 heavy (non-hydrogen) atoms. The van der Waals surface area contributed by atoms with Crippen molar-refractivity contribution in [3.8, 4) is 0 Å². The fraction of sp³-hybridized carbons (Fsp3) is 0.800. The average molecular weight is 342 g/mol. The van der Waals surface area contributed by atoms with Gasteiger partial charge in [-0.3, -0.25) is 14.4 Å². The molecule has 1 aliphatic heterocycles. The molecule has 4 bridgehead atoms. The van der Waals surface area contributed by atoms with Crippen LogP contribution in [0.5, 0.6) is 0 Å². The van der Waals surface area contributed by atoms with Gasteiger partial charge in [0.05, 0.1) is 0 Å². The maximum Gasteiger partial charge on any atom is 0.274 e. The zero-order chi connectivity index (χ0) is 17.0. The third-order valence-corrected chi connectivity index (χ3v) is 7.43. The molecular weight excluding hydrogens is 312 g/mol. The zero-order valence-electron chi connectivity index (χ0n) is 15.4. The maximum absolute atomic E-state index is 12.7. The lowest BCUT2D eigenvalue weighted by atomic mass is 9.52. The molecule has 6 rings (SSSR count). The number of amides is 1. The van der Waals surface area contributed by atoms with Crippen LogP contribution in [0.1, 0.15) is 55.9 Å². The first-order valence-corrected chi connectivity index (χ1v) is 10.2. The minimum absolute atomic E-state index is 0.109. The number of piperazine rings is 1. The summed E-state index contributed by atoms with van der Waals surface area (Å²) in [5.74, 6) is 3.08. The van der Waals surface area contributed by atoms with Crippen LogP contribution in [0.4, 0.5) is 0 Å². The van der Waals surface area contributed by atoms with Crippen molar-refractivity contribution < 1.29 is 4.79 Å². The topological polar surface area (TPSA) is 41.4 Å². The van der Waals surface area contributed by atoms with Crippen molar-refractivity contribution >= 4 is 5.91 Å². The van der Waals surface area contributed by atoms with E-state index in [1.54, 1.807) is 0 Å². The van der Waals surface area contributed by atoms with Crippen LogP contribution in [0, 0.1) is 17.8 Å². The van der Waals surface area contributed by atoms with Crippen molar-refractivity contribution in [1.82, 2.24) is 19.6 Å². The Morgan fingerprint density at radius 1 is 1.08 bits per heavy atom. The van der Waals surface area contributed by atoms with E-state index in [9.17, 15) is 4.79 Å². The highest BCUT2D eigenvalue weighted by molar-refractivity contribution is 5.92. The molecule has 136 valence electrons. The Balaban J connectivity index is 1.25. The van der Waals surface area contributed by atoms with Crippen molar-refractivity contribution in [1.29, 1.82) is 0 Å². The van der Waals surface area contributed by atoms with E-state index in [0.717, 1.165) is 50.5 Å². The van der Waals surface area contributed by atoms with Crippen molar-refractivity contribution in [3.05, 3.63) is 18.0 Å². The fourth-order valence-corrected chi connectivity index (χ4v) is 6.65. The lowest BCUT2D eigenvalue weighted by Crippen LogP contribution is -2.64. The number of carbonyl (C=O) groups is 1. The highest BCUT2D eigenvalue weighted by Crippen LogP contribution is 2.57. The van der Waals surface area contributed by atoms with Gasteiger partial charge < -0.3 is 4.90 Å². The minimum Gasteiger partial charge on any atom is -0.335 e. The molecule has 1 aromatic heterocycles. The molecule has 1 saturated heterocycles. The van der Waals surface area contributed by atoms with E-state index in [-0.39, 0.29) is 5.91 Å². The van der Waals surface area contributed by atoms with E-state index < -0.39 is 0 Å². The first-order valence-electron chi connectivity index (χ1n) is 10.2. The first-order chi connectivity index (χ1) is 12.1. The lowest BCUT2D eigenvalue weighted by molar-refractivity contribution is -0.0987. The molecule has 2 heterocycles. The van der Waals surface area contributed by atoms with Gasteiger partial charge in [0.2, 0.25) is 0 Å². The van der Waals surface area contributed by atoms with Gasteiger partial charge in [0.1, 0.15) is 5.69 Å². The fourth-order valence-electron chi connectivity index (χ4n) is 6.65. The number of carbonyl (C=O) groups excluding carboxylic acids is 1. The van der Waals surface area contributed by atoms with Crippen LogP contribution in [-0.2, 0) is 6.54 Å². The molecule has 0 aromatic carbocycles. The molecule has 0 radical (unpaired) electrons. The standard InChI is InChI=1S/C20H30N4O/c1-2-24-4-3-18(21-24)19(25)22-5-7-23(8-6-22)20-12-15-9-16(13-20)11-17(10-15)14-20/h3-4,15-17H,2,5-14H2,1H3. The molecule has 1 aromatic rings. The smallest absolute Gasteiger partial charge is 0.274 e. The summed E-state index contributed by atoms with van der Waals surface area (Å²) in [5.41, 5.74) is 1.08. The maximum atomic E-state index is 12.7. The van der Waals surface area contributed by atoms with Gasteiger partial charge in [-0.25, -0.2) is 0 Å². The van der Waals surface area contributed by atoms with E-state index in [1.165, 1.54) is 38.5 Å². The quantitative estimate of drug-likeness (QED) is 0.848. The number of aromatic nitrogens is 2. The van der Waals surface area contributed by atoms with Crippen LogP contribution >= 0.6 is 0 Å². The second kappa shape index (κ2) is 5.83. The van der Waals surface area contributed by atoms with Gasteiger partial charge in [0.15, 0.2) is 0 Å². The summed E-state index contributed by atoms with van der Waals surface area (Å²) in [6.45, 7) is 6.68. The third kappa shape index (κ3) is 2.62. The van der Waals surface area contributed by atoms with Gasteiger partial charge in [-0.1, -0.05) is 0 Å². The van der Waals surface area contributed by atoms with Crippen LogP contribution in [0.2, 0.25) is 0 Å². The summed E-state index contributed by atoms with van der Waals surface area (Å²) in [4.78, 5) is 17.5. The summed E-state index contributed by atoms with van der Waals surface area (Å²) in [7, 11) is 0. The monoisotopic (exact) mass is 342 g/mol. The normalized spacial score (nSPS) is 37.6. The summed E-state index contributed by atoms with van der Waals surface area (Å²) in [6, 6.07) is 1.86. The van der Waals surface area contributed by atoms with Gasteiger partial charge in [-0.05, 0) is 69.3 Å². The van der Waals surface area contributed by atoms with Crippen LogP contribution in [-0.4, -0.2) is 57.2 Å². The molecule has 0 N–H and O–H groups in total. The van der Waals surface area contributed by atoms with Crippen LogP contribution in [0.25, 0.3) is 0 Å². The van der Waals surface area contributed by atoms with Crippen molar-refractivity contribution in [2.75, 3.05) is 26.2 Å². The Bertz CT molecular complexity index is 623. The number of nitrogens with zero attached hydrogens (tertiary/aromatic N) is 4. The minimum atomic E-state index is 0.109. The Labute approximate surface area is 150 Å². The summed E-state index contributed by atoms with van der Waals surface area (Å²) in [6.07, 6.45) is 10.7. The highest BCUT2D eigenvalue weighted by Gasteiger charge is 2.53. The van der Waals surface area contributed by atoms with Crippen molar-refractivity contribution in [2.24, 2.45) is 17.8 Å². The number of aryl methyl sites for hydroxylation is 1. The van der Waals surface area contributed by atoms with Crippen LogP contribution in [0.15, 0.2) is 12.3 Å². The number of rotatable bonds is 3. The first kappa shape index (κ1) is 15.9. The lowest BCUT2D eigenvalue weighted by Gasteiger charge is -2.61. The summed E-state index contributed by atoms with van der Waals surface area (Å²) < 4.78 is 1.83. The van der Waals surface area contributed by atoms with Gasteiger partial charge in [0.25, 0.3) is 5.91 Å². The molecule has 1 amide bonds. The molecule has 5 fully saturated rings. The van der Waals surface area contributed by atoms with Gasteiger partial charge >= 0.3 is 0 Å². The highest BCUT2D eigenvalue weighted by atomic mass is 16.2. The van der Waals surface area contributed by atoms with Crippen LogP contribution in [0.3, 0.4) is 0 Å². The molecule has 5 aliphatic rings. The van der Waals surface area contributed by atoms with E-state index >= 15 is 0 Å². The Hall–Kier alpha value is -1.36. The average Bonchev–Trinajstić information content (AvgIpc) is 3.09. The Kier molecular flexibility index (Phi) is 3.70. The van der Waals surface area contributed by atoms with E-state index in [2.05, 4.69) is 10.00 Å². The summed E-state index contributed by atoms with van der Waals surface area (Å²) >= 11 is 0. The molecule has 0 atom stereocenters. The van der Waals surface area contributed by atoms with E-state index in [4.69, 9.17) is 0 Å². The number of hydrogen-bond donors (Lipinski definition) is 0. The number of hydrogen-bond acceptors (Lipinski definition) is 3. The van der Waals surface area contributed by atoms with E-state index in [1.807, 2.05) is 28.8 Å². The Morgan fingerprint density at radius 2 is 1.68 bits per heavy atom. The SMILES string of the molecule is CCn1ccc(C(=O)N2CCN(C34CC5CC(CC(C5)C3)C4)CC2)n1. The molecular formula is C20H30N4O. The third-order valence-electron chi connectivity index (χ3n) is 7.43. The predicted molar refractivity (Wildman–Crippen MR) is 96.3 cm³/mol.